The molecule has 4 nitrogen and oxygen atoms in total. The van der Waals surface area contributed by atoms with E-state index >= 15 is 0 Å². The summed E-state index contributed by atoms with van der Waals surface area (Å²) >= 11 is 0. The van der Waals surface area contributed by atoms with E-state index in [4.69, 9.17) is 5.73 Å². The Kier molecular flexibility index (Phi) is 4.12. The third kappa shape index (κ3) is 3.54. The first-order valence-corrected chi connectivity index (χ1v) is 6.09. The van der Waals surface area contributed by atoms with E-state index in [2.05, 4.69) is 10.2 Å². The maximum atomic E-state index is 11.7. The number of carbonyl (C=O) groups is 1. The van der Waals surface area contributed by atoms with Crippen LogP contribution in [0.5, 0.6) is 0 Å². The van der Waals surface area contributed by atoms with Crippen molar-refractivity contribution in [3.8, 4) is 0 Å². The van der Waals surface area contributed by atoms with Crippen LogP contribution in [0.3, 0.4) is 0 Å². The van der Waals surface area contributed by atoms with Crippen molar-refractivity contribution in [3.63, 3.8) is 0 Å². The molecule has 92 valence electrons. The van der Waals surface area contributed by atoms with Gasteiger partial charge in [-0.2, -0.15) is 0 Å². The van der Waals surface area contributed by atoms with Crippen molar-refractivity contribution in [2.24, 2.45) is 5.73 Å². The number of anilines is 1. The lowest BCUT2D eigenvalue weighted by Crippen LogP contribution is -2.30. The van der Waals surface area contributed by atoms with Gasteiger partial charge in [0.05, 0.1) is 6.54 Å². The minimum Gasteiger partial charge on any atom is -0.326 e. The molecule has 1 aliphatic rings. The van der Waals surface area contributed by atoms with Crippen LogP contribution >= 0.6 is 0 Å². The number of carbonyl (C=O) groups excluding carboxylic acids is 1. The Bertz CT molecular complexity index is 369. The van der Waals surface area contributed by atoms with Crippen molar-refractivity contribution in [2.45, 2.75) is 19.4 Å². The summed E-state index contributed by atoms with van der Waals surface area (Å²) in [5.41, 5.74) is 7.43. The first kappa shape index (κ1) is 12.1. The van der Waals surface area contributed by atoms with Gasteiger partial charge in [-0.25, -0.2) is 0 Å². The monoisotopic (exact) mass is 233 g/mol. The van der Waals surface area contributed by atoms with Crippen LogP contribution in [0.1, 0.15) is 18.4 Å². The number of rotatable bonds is 4. The summed E-state index contributed by atoms with van der Waals surface area (Å²) in [6.07, 6.45) is 2.41. The summed E-state index contributed by atoms with van der Waals surface area (Å²) in [6, 6.07) is 7.66. The number of amides is 1. The Morgan fingerprint density at radius 3 is 2.47 bits per heavy atom. The molecule has 0 spiro atoms. The predicted molar refractivity (Wildman–Crippen MR) is 68.6 cm³/mol. The van der Waals surface area contributed by atoms with Crippen molar-refractivity contribution in [2.75, 3.05) is 25.0 Å². The van der Waals surface area contributed by atoms with Crippen LogP contribution in [0.2, 0.25) is 0 Å². The van der Waals surface area contributed by atoms with Gasteiger partial charge in [0.1, 0.15) is 0 Å². The van der Waals surface area contributed by atoms with Crippen molar-refractivity contribution in [1.29, 1.82) is 0 Å². The second-order valence-electron chi connectivity index (χ2n) is 4.43. The molecule has 1 amide bonds. The van der Waals surface area contributed by atoms with Gasteiger partial charge < -0.3 is 11.1 Å². The lowest BCUT2D eigenvalue weighted by molar-refractivity contribution is -0.117. The van der Waals surface area contributed by atoms with Crippen LogP contribution < -0.4 is 11.1 Å². The number of nitrogens with one attached hydrogen (secondary N) is 1. The van der Waals surface area contributed by atoms with Crippen molar-refractivity contribution in [1.82, 2.24) is 4.90 Å². The first-order chi connectivity index (χ1) is 8.28. The summed E-state index contributed by atoms with van der Waals surface area (Å²) in [7, 11) is 0. The maximum absolute atomic E-state index is 11.7. The molecule has 0 aliphatic carbocycles. The molecule has 3 N–H and O–H groups in total. The van der Waals surface area contributed by atoms with Crippen LogP contribution in [-0.4, -0.2) is 30.4 Å². The van der Waals surface area contributed by atoms with E-state index in [1.54, 1.807) is 0 Å². The summed E-state index contributed by atoms with van der Waals surface area (Å²) in [5.74, 6) is 0.0624. The van der Waals surface area contributed by atoms with Crippen LogP contribution in [0.25, 0.3) is 0 Å². The van der Waals surface area contributed by atoms with Gasteiger partial charge in [0.2, 0.25) is 5.91 Å². The molecule has 0 radical (unpaired) electrons. The van der Waals surface area contributed by atoms with Gasteiger partial charge in [0.25, 0.3) is 0 Å². The Morgan fingerprint density at radius 1 is 1.24 bits per heavy atom. The summed E-state index contributed by atoms with van der Waals surface area (Å²) < 4.78 is 0. The quantitative estimate of drug-likeness (QED) is 0.821. The highest BCUT2D eigenvalue weighted by Crippen LogP contribution is 2.10. The third-order valence-electron chi connectivity index (χ3n) is 3.04. The number of hydrogen-bond acceptors (Lipinski definition) is 3. The fraction of sp³-hybridized carbons (Fsp3) is 0.462. The molecule has 0 aromatic heterocycles. The molecule has 4 heteroatoms. The predicted octanol–water partition coefficient (Wildman–Crippen LogP) is 1.18. The van der Waals surface area contributed by atoms with Crippen LogP contribution in [0.4, 0.5) is 5.69 Å². The van der Waals surface area contributed by atoms with Gasteiger partial charge in [-0.05, 0) is 43.6 Å². The molecule has 17 heavy (non-hydrogen) atoms. The summed E-state index contributed by atoms with van der Waals surface area (Å²) in [5, 5.41) is 2.90. The molecule has 1 aromatic carbocycles. The van der Waals surface area contributed by atoms with E-state index in [-0.39, 0.29) is 5.91 Å². The van der Waals surface area contributed by atoms with E-state index < -0.39 is 0 Å². The summed E-state index contributed by atoms with van der Waals surface area (Å²) in [4.78, 5) is 13.9. The Morgan fingerprint density at radius 2 is 1.88 bits per heavy atom. The Balaban J connectivity index is 1.84. The van der Waals surface area contributed by atoms with Crippen LogP contribution in [0.15, 0.2) is 24.3 Å². The Hall–Kier alpha value is -1.39. The molecule has 0 bridgehead atoms. The molecular weight excluding hydrogens is 214 g/mol. The molecule has 0 saturated carbocycles. The average molecular weight is 233 g/mol. The van der Waals surface area contributed by atoms with E-state index in [1.165, 1.54) is 12.8 Å². The first-order valence-electron chi connectivity index (χ1n) is 6.09. The topological polar surface area (TPSA) is 58.4 Å². The Labute approximate surface area is 102 Å². The SMILES string of the molecule is NCc1ccc(NC(=O)CN2CCCC2)cc1. The molecule has 1 heterocycles. The van der Waals surface area contributed by atoms with Crippen molar-refractivity contribution >= 4 is 11.6 Å². The zero-order valence-electron chi connectivity index (χ0n) is 9.98. The third-order valence-corrected chi connectivity index (χ3v) is 3.04. The van der Waals surface area contributed by atoms with E-state index in [0.717, 1.165) is 24.3 Å². The van der Waals surface area contributed by atoms with Crippen LogP contribution in [0, 0.1) is 0 Å². The lowest BCUT2D eigenvalue weighted by atomic mass is 10.2. The van der Waals surface area contributed by atoms with Crippen LogP contribution in [-0.2, 0) is 11.3 Å². The van der Waals surface area contributed by atoms with Gasteiger partial charge in [0, 0.05) is 12.2 Å². The fourth-order valence-corrected chi connectivity index (χ4v) is 2.07. The number of nitrogens with two attached hydrogens (primary N) is 1. The molecule has 0 unspecified atom stereocenters. The van der Waals surface area contributed by atoms with Crippen molar-refractivity contribution < 1.29 is 4.79 Å². The van der Waals surface area contributed by atoms with E-state index in [9.17, 15) is 4.79 Å². The number of nitrogens with zero attached hydrogens (tertiary/aromatic N) is 1. The van der Waals surface area contributed by atoms with Gasteiger partial charge >= 0.3 is 0 Å². The second kappa shape index (κ2) is 5.80. The number of hydrogen-bond donors (Lipinski definition) is 2. The molecule has 1 fully saturated rings. The highest BCUT2D eigenvalue weighted by Gasteiger charge is 2.14. The number of benzene rings is 1. The smallest absolute Gasteiger partial charge is 0.238 e. The maximum Gasteiger partial charge on any atom is 0.238 e. The lowest BCUT2D eigenvalue weighted by Gasteiger charge is -2.14. The van der Waals surface area contributed by atoms with Gasteiger partial charge in [-0.3, -0.25) is 9.69 Å². The molecule has 1 saturated heterocycles. The highest BCUT2D eigenvalue weighted by molar-refractivity contribution is 5.92. The highest BCUT2D eigenvalue weighted by atomic mass is 16.2. The molecule has 0 atom stereocenters. The molecule has 1 aliphatic heterocycles. The molecular formula is C13H19N3O. The second-order valence-corrected chi connectivity index (χ2v) is 4.43. The normalized spacial score (nSPS) is 16.1. The summed E-state index contributed by atoms with van der Waals surface area (Å²) in [6.45, 7) is 3.11. The minimum atomic E-state index is 0.0624. The van der Waals surface area contributed by atoms with E-state index in [1.807, 2.05) is 24.3 Å². The fourth-order valence-electron chi connectivity index (χ4n) is 2.07. The van der Waals surface area contributed by atoms with Gasteiger partial charge in [-0.15, -0.1) is 0 Å². The zero-order chi connectivity index (χ0) is 12.1. The molecule has 1 aromatic rings. The zero-order valence-corrected chi connectivity index (χ0v) is 9.98. The average Bonchev–Trinajstić information content (AvgIpc) is 2.82. The van der Waals surface area contributed by atoms with Crippen molar-refractivity contribution in [3.05, 3.63) is 29.8 Å². The minimum absolute atomic E-state index is 0.0624. The van der Waals surface area contributed by atoms with E-state index in [0.29, 0.717) is 13.1 Å². The van der Waals surface area contributed by atoms with Gasteiger partial charge in [0.15, 0.2) is 0 Å². The van der Waals surface area contributed by atoms with Gasteiger partial charge in [-0.1, -0.05) is 12.1 Å². The standard InChI is InChI=1S/C13H19N3O/c14-9-11-3-5-12(6-4-11)15-13(17)10-16-7-1-2-8-16/h3-6H,1-2,7-10,14H2,(H,15,17). The number of likely N-dealkylation sites (tertiary alicyclic amines) is 1. The largest absolute Gasteiger partial charge is 0.326 e. The molecule has 2 rings (SSSR count).